The van der Waals surface area contributed by atoms with E-state index in [1.54, 1.807) is 7.11 Å². The molecule has 0 aliphatic carbocycles. The standard InChI is InChI=1S/C20H40N6O2/c1-27-12-10-23-18-13-16(6-9-22-18)19-24-20(28-25-19)17-3-2-11-26(17)14-15-4-7-21-8-5-15/h15-25H,2-14H2,1H3. The van der Waals surface area contributed by atoms with Gasteiger partial charge in [0.25, 0.3) is 0 Å². The van der Waals surface area contributed by atoms with Crippen LogP contribution in [0.25, 0.3) is 0 Å². The van der Waals surface area contributed by atoms with Gasteiger partial charge in [0.05, 0.1) is 25.0 Å². The minimum absolute atomic E-state index is 0.115. The third-order valence-electron chi connectivity index (χ3n) is 6.99. The molecule has 0 saturated carbocycles. The first kappa shape index (κ1) is 20.9. The van der Waals surface area contributed by atoms with Crippen LogP contribution in [0, 0.1) is 11.8 Å². The summed E-state index contributed by atoms with van der Waals surface area (Å²) in [7, 11) is 1.75. The quantitative estimate of drug-likeness (QED) is 0.361. The maximum atomic E-state index is 6.08. The van der Waals surface area contributed by atoms with Crippen molar-refractivity contribution < 1.29 is 9.57 Å². The molecule has 4 aliphatic rings. The summed E-state index contributed by atoms with van der Waals surface area (Å²) in [5, 5.41) is 14.4. The summed E-state index contributed by atoms with van der Waals surface area (Å²) in [5.74, 6) is 1.42. The van der Waals surface area contributed by atoms with Crippen molar-refractivity contribution >= 4 is 0 Å². The molecule has 8 nitrogen and oxygen atoms in total. The Kier molecular flexibility index (Phi) is 7.95. The zero-order valence-corrected chi connectivity index (χ0v) is 17.4. The fourth-order valence-electron chi connectivity index (χ4n) is 5.37. The average molecular weight is 397 g/mol. The Balaban J connectivity index is 1.24. The second-order valence-electron chi connectivity index (χ2n) is 8.94. The molecule has 0 spiro atoms. The van der Waals surface area contributed by atoms with Gasteiger partial charge < -0.3 is 15.4 Å². The molecule has 5 atom stereocenters. The Hall–Kier alpha value is -0.320. The van der Waals surface area contributed by atoms with E-state index in [-0.39, 0.29) is 12.4 Å². The van der Waals surface area contributed by atoms with E-state index in [2.05, 4.69) is 31.6 Å². The van der Waals surface area contributed by atoms with Crippen LogP contribution < -0.4 is 26.7 Å². The molecule has 5 unspecified atom stereocenters. The highest BCUT2D eigenvalue weighted by atomic mass is 16.7. The van der Waals surface area contributed by atoms with E-state index in [1.165, 1.54) is 58.3 Å². The van der Waals surface area contributed by atoms with E-state index in [1.807, 2.05) is 0 Å². The lowest BCUT2D eigenvalue weighted by Gasteiger charge is -2.35. The SMILES string of the molecule is COCCNC1CC(C2NOC(C3CCCN3CC3CCNCC3)N2)CCN1. The number of hydrogen-bond donors (Lipinski definition) is 5. The zero-order valence-electron chi connectivity index (χ0n) is 17.4. The van der Waals surface area contributed by atoms with Crippen molar-refractivity contribution in [1.82, 2.24) is 31.6 Å². The normalized spacial score (nSPS) is 38.2. The van der Waals surface area contributed by atoms with Crippen molar-refractivity contribution in [2.24, 2.45) is 11.8 Å². The van der Waals surface area contributed by atoms with Crippen molar-refractivity contribution in [3.63, 3.8) is 0 Å². The monoisotopic (exact) mass is 396 g/mol. The first-order chi connectivity index (χ1) is 13.8. The summed E-state index contributed by atoms with van der Waals surface area (Å²) in [5.41, 5.74) is 3.34. The molecule has 0 bridgehead atoms. The van der Waals surface area contributed by atoms with Gasteiger partial charge >= 0.3 is 0 Å². The van der Waals surface area contributed by atoms with Crippen molar-refractivity contribution in [2.75, 3.05) is 53.0 Å². The second-order valence-corrected chi connectivity index (χ2v) is 8.94. The first-order valence-corrected chi connectivity index (χ1v) is 11.4. The summed E-state index contributed by atoms with van der Waals surface area (Å²) in [6.45, 7) is 7.50. The molecule has 4 rings (SSSR count). The fraction of sp³-hybridized carbons (Fsp3) is 1.00. The molecule has 0 aromatic rings. The van der Waals surface area contributed by atoms with Gasteiger partial charge in [0.2, 0.25) is 0 Å². The number of ether oxygens (including phenoxy) is 1. The summed E-state index contributed by atoms with van der Waals surface area (Å²) < 4.78 is 5.15. The maximum Gasteiger partial charge on any atom is 0.146 e. The molecular formula is C20H40N6O2. The molecule has 162 valence electrons. The van der Waals surface area contributed by atoms with Crippen LogP contribution in [0.5, 0.6) is 0 Å². The smallest absolute Gasteiger partial charge is 0.146 e. The number of nitrogens with one attached hydrogen (secondary N) is 5. The van der Waals surface area contributed by atoms with Crippen molar-refractivity contribution in [1.29, 1.82) is 0 Å². The molecule has 4 heterocycles. The summed E-state index contributed by atoms with van der Waals surface area (Å²) in [4.78, 5) is 8.77. The van der Waals surface area contributed by atoms with E-state index < -0.39 is 0 Å². The molecule has 4 saturated heterocycles. The van der Waals surface area contributed by atoms with Crippen LogP contribution in [0.1, 0.15) is 38.5 Å². The lowest BCUT2D eigenvalue weighted by Crippen LogP contribution is -2.54. The number of hydrogen-bond acceptors (Lipinski definition) is 8. The van der Waals surface area contributed by atoms with Crippen LogP contribution in [-0.4, -0.2) is 82.5 Å². The van der Waals surface area contributed by atoms with Crippen LogP contribution in [0.3, 0.4) is 0 Å². The fourth-order valence-corrected chi connectivity index (χ4v) is 5.37. The van der Waals surface area contributed by atoms with Crippen molar-refractivity contribution in [3.8, 4) is 0 Å². The highest BCUT2D eigenvalue weighted by Gasteiger charge is 2.41. The number of piperidine rings is 2. The van der Waals surface area contributed by atoms with Crippen LogP contribution in [0.2, 0.25) is 0 Å². The minimum atomic E-state index is 0.115. The van der Waals surface area contributed by atoms with Crippen molar-refractivity contribution in [2.45, 2.75) is 63.1 Å². The van der Waals surface area contributed by atoms with Crippen LogP contribution in [0.4, 0.5) is 0 Å². The second kappa shape index (κ2) is 10.6. The Labute approximate surface area is 169 Å². The molecule has 0 aromatic carbocycles. The average Bonchev–Trinajstić information content (AvgIpc) is 3.39. The molecule has 0 radical (unpaired) electrons. The van der Waals surface area contributed by atoms with Crippen LogP contribution >= 0.6 is 0 Å². The highest BCUT2D eigenvalue weighted by Crippen LogP contribution is 2.28. The molecule has 4 fully saturated rings. The number of nitrogens with zero attached hydrogens (tertiary/aromatic N) is 1. The number of likely N-dealkylation sites (tertiary alicyclic amines) is 1. The van der Waals surface area contributed by atoms with Gasteiger partial charge in [-0.25, -0.2) is 0 Å². The summed E-state index contributed by atoms with van der Waals surface area (Å²) in [6.07, 6.45) is 8.17. The van der Waals surface area contributed by atoms with Gasteiger partial charge in [0, 0.05) is 20.2 Å². The van der Waals surface area contributed by atoms with Gasteiger partial charge in [-0.3, -0.25) is 20.4 Å². The number of hydroxylamine groups is 1. The topological polar surface area (TPSA) is 81.8 Å². The molecule has 0 amide bonds. The van der Waals surface area contributed by atoms with Gasteiger partial charge in [-0.15, -0.1) is 0 Å². The van der Waals surface area contributed by atoms with E-state index in [0.29, 0.717) is 18.1 Å². The van der Waals surface area contributed by atoms with Gasteiger partial charge in [0.15, 0.2) is 0 Å². The van der Waals surface area contributed by atoms with E-state index >= 15 is 0 Å². The first-order valence-electron chi connectivity index (χ1n) is 11.4. The van der Waals surface area contributed by atoms with E-state index in [0.717, 1.165) is 32.0 Å². The van der Waals surface area contributed by atoms with Gasteiger partial charge in [0.1, 0.15) is 6.23 Å². The van der Waals surface area contributed by atoms with Crippen LogP contribution in [-0.2, 0) is 9.57 Å². The maximum absolute atomic E-state index is 6.08. The predicted octanol–water partition coefficient (Wildman–Crippen LogP) is -0.211. The number of methoxy groups -OCH3 is 1. The Morgan fingerprint density at radius 1 is 1.14 bits per heavy atom. The number of rotatable bonds is 8. The summed E-state index contributed by atoms with van der Waals surface area (Å²) in [6, 6.07) is 0.504. The molecule has 0 aromatic heterocycles. The third kappa shape index (κ3) is 5.43. The minimum Gasteiger partial charge on any atom is -0.383 e. The van der Waals surface area contributed by atoms with E-state index in [4.69, 9.17) is 9.57 Å². The molecule has 28 heavy (non-hydrogen) atoms. The van der Waals surface area contributed by atoms with Crippen molar-refractivity contribution in [3.05, 3.63) is 0 Å². The Morgan fingerprint density at radius 2 is 2.04 bits per heavy atom. The molecule has 4 aliphatic heterocycles. The predicted molar refractivity (Wildman–Crippen MR) is 110 cm³/mol. The molecule has 5 N–H and O–H groups in total. The van der Waals surface area contributed by atoms with Crippen LogP contribution in [0.15, 0.2) is 0 Å². The van der Waals surface area contributed by atoms with Gasteiger partial charge in [-0.05, 0) is 76.5 Å². The summed E-state index contributed by atoms with van der Waals surface area (Å²) >= 11 is 0. The van der Waals surface area contributed by atoms with E-state index in [9.17, 15) is 0 Å². The largest absolute Gasteiger partial charge is 0.383 e. The molecule has 8 heteroatoms. The van der Waals surface area contributed by atoms with Gasteiger partial charge in [-0.1, -0.05) is 0 Å². The lowest BCUT2D eigenvalue weighted by molar-refractivity contribution is -0.0270. The Morgan fingerprint density at radius 3 is 2.89 bits per heavy atom. The highest BCUT2D eigenvalue weighted by molar-refractivity contribution is 4.92. The van der Waals surface area contributed by atoms with Gasteiger partial charge in [-0.2, -0.15) is 5.48 Å². The molecular weight excluding hydrogens is 356 g/mol. The zero-order chi connectivity index (χ0) is 19.2. The lowest BCUT2D eigenvalue weighted by atomic mass is 9.92. The Bertz CT molecular complexity index is 464. The third-order valence-corrected chi connectivity index (χ3v) is 6.99.